The lowest BCUT2D eigenvalue weighted by molar-refractivity contribution is -0.124. The summed E-state index contributed by atoms with van der Waals surface area (Å²) < 4.78 is 24.2. The van der Waals surface area contributed by atoms with Crippen molar-refractivity contribution < 1.29 is 18.7 Å². The van der Waals surface area contributed by atoms with Gasteiger partial charge in [0.05, 0.1) is 6.54 Å². The van der Waals surface area contributed by atoms with Gasteiger partial charge in [0.1, 0.15) is 23.8 Å². The second kappa shape index (κ2) is 11.3. The van der Waals surface area contributed by atoms with Crippen molar-refractivity contribution in [3.63, 3.8) is 0 Å². The number of carbonyl (C=O) groups excluding carboxylic acids is 1. The molecule has 0 radical (unpaired) electrons. The molecule has 1 fully saturated rings. The van der Waals surface area contributed by atoms with E-state index in [1.807, 2.05) is 31.2 Å². The van der Waals surface area contributed by atoms with E-state index in [2.05, 4.69) is 20.9 Å². The molecule has 3 rings (SSSR count). The first-order valence-corrected chi connectivity index (χ1v) is 10.4. The highest BCUT2D eigenvalue weighted by atomic mass is 19.1. The van der Waals surface area contributed by atoms with Gasteiger partial charge in [-0.05, 0) is 61.7 Å². The van der Waals surface area contributed by atoms with E-state index in [1.165, 1.54) is 12.1 Å². The normalized spacial score (nSPS) is 17.1. The molecule has 8 heteroatoms. The third kappa shape index (κ3) is 7.25. The van der Waals surface area contributed by atoms with Crippen LogP contribution < -0.4 is 20.7 Å². The highest BCUT2D eigenvalue weighted by Gasteiger charge is 2.23. The zero-order chi connectivity index (χ0) is 22.1. The quantitative estimate of drug-likeness (QED) is 0.445. The summed E-state index contributed by atoms with van der Waals surface area (Å²) in [6.07, 6.45) is 1.18. The lowest BCUT2D eigenvalue weighted by atomic mass is 10.2. The number of guanidine groups is 1. The molecule has 0 aromatic heterocycles. The third-order valence-electron chi connectivity index (χ3n) is 4.81. The predicted octanol–water partition coefficient (Wildman–Crippen LogP) is 3.08. The van der Waals surface area contributed by atoms with Crippen LogP contribution in [-0.4, -0.2) is 44.3 Å². The second-order valence-corrected chi connectivity index (χ2v) is 7.38. The first kappa shape index (κ1) is 22.6. The van der Waals surface area contributed by atoms with E-state index in [4.69, 9.17) is 9.47 Å². The van der Waals surface area contributed by atoms with E-state index in [0.29, 0.717) is 31.4 Å². The molecule has 1 heterocycles. The molecule has 1 saturated heterocycles. The number of halogens is 1. The molecule has 2 aromatic carbocycles. The number of benzene rings is 2. The maximum atomic E-state index is 13.0. The van der Waals surface area contributed by atoms with E-state index in [-0.39, 0.29) is 23.9 Å². The van der Waals surface area contributed by atoms with Crippen LogP contribution in [0.1, 0.15) is 25.3 Å². The highest BCUT2D eigenvalue weighted by molar-refractivity contribution is 5.94. The van der Waals surface area contributed by atoms with Crippen LogP contribution >= 0.6 is 0 Å². The van der Waals surface area contributed by atoms with Gasteiger partial charge in [0, 0.05) is 25.9 Å². The van der Waals surface area contributed by atoms with Crippen LogP contribution in [0.2, 0.25) is 0 Å². The largest absolute Gasteiger partial charge is 0.489 e. The molecular weight excluding hydrogens is 399 g/mol. The Hall–Kier alpha value is -3.13. The summed E-state index contributed by atoms with van der Waals surface area (Å²) in [5, 5.41) is 9.37. The van der Waals surface area contributed by atoms with Crippen LogP contribution in [0.4, 0.5) is 10.1 Å². The fourth-order valence-corrected chi connectivity index (χ4v) is 3.20. The van der Waals surface area contributed by atoms with Gasteiger partial charge >= 0.3 is 0 Å². The maximum Gasteiger partial charge on any atom is 0.253 e. The second-order valence-electron chi connectivity index (χ2n) is 7.38. The molecule has 0 saturated carbocycles. The van der Waals surface area contributed by atoms with Crippen molar-refractivity contribution in [1.29, 1.82) is 0 Å². The Bertz CT molecular complexity index is 883. The van der Waals surface area contributed by atoms with Crippen LogP contribution in [0.15, 0.2) is 53.5 Å². The predicted molar refractivity (Wildman–Crippen MR) is 119 cm³/mol. The van der Waals surface area contributed by atoms with Crippen LogP contribution in [0.25, 0.3) is 0 Å². The van der Waals surface area contributed by atoms with Crippen molar-refractivity contribution in [1.82, 2.24) is 10.6 Å². The molecular formula is C23H29FN4O3. The monoisotopic (exact) mass is 428 g/mol. The smallest absolute Gasteiger partial charge is 0.253 e. The van der Waals surface area contributed by atoms with Crippen LogP contribution in [0, 0.1) is 5.82 Å². The van der Waals surface area contributed by atoms with E-state index in [1.54, 1.807) is 19.2 Å². The van der Waals surface area contributed by atoms with Gasteiger partial charge in [-0.1, -0.05) is 12.1 Å². The third-order valence-corrected chi connectivity index (χ3v) is 4.81. The Balaban J connectivity index is 1.44. The number of nitrogens with zero attached hydrogens (tertiary/aromatic N) is 1. The molecule has 2 aromatic rings. The molecule has 0 spiro atoms. The number of carbonyl (C=O) groups is 1. The maximum absolute atomic E-state index is 13.0. The van der Waals surface area contributed by atoms with Gasteiger partial charge in [-0.3, -0.25) is 9.79 Å². The first-order valence-electron chi connectivity index (χ1n) is 10.4. The number of hydrogen-bond donors (Lipinski definition) is 3. The number of rotatable bonds is 8. The molecule has 2 unspecified atom stereocenters. The molecule has 2 atom stereocenters. The number of nitrogens with one attached hydrogen (secondary N) is 3. The molecule has 1 aliphatic heterocycles. The van der Waals surface area contributed by atoms with Crippen LogP contribution in [0.5, 0.6) is 5.75 Å². The van der Waals surface area contributed by atoms with Gasteiger partial charge in [-0.2, -0.15) is 0 Å². The van der Waals surface area contributed by atoms with Gasteiger partial charge in [0.25, 0.3) is 5.91 Å². The van der Waals surface area contributed by atoms with E-state index in [0.717, 1.165) is 24.1 Å². The minimum atomic E-state index is -0.357. The molecule has 7 nitrogen and oxygen atoms in total. The molecule has 1 amide bonds. The summed E-state index contributed by atoms with van der Waals surface area (Å²) >= 11 is 0. The van der Waals surface area contributed by atoms with Crippen LogP contribution in [-0.2, 0) is 16.1 Å². The number of amides is 1. The van der Waals surface area contributed by atoms with Gasteiger partial charge in [-0.15, -0.1) is 0 Å². The van der Waals surface area contributed by atoms with Crippen LogP contribution in [0.3, 0.4) is 0 Å². The van der Waals surface area contributed by atoms with Crippen molar-refractivity contribution in [2.75, 3.05) is 25.5 Å². The summed E-state index contributed by atoms with van der Waals surface area (Å²) in [6, 6.07) is 13.6. The fourth-order valence-electron chi connectivity index (χ4n) is 3.20. The summed E-state index contributed by atoms with van der Waals surface area (Å²) in [5.41, 5.74) is 1.74. The summed E-state index contributed by atoms with van der Waals surface area (Å²) in [4.78, 5) is 16.4. The average Bonchev–Trinajstić information content (AvgIpc) is 3.31. The first-order chi connectivity index (χ1) is 15.0. The van der Waals surface area contributed by atoms with E-state index < -0.39 is 0 Å². The molecule has 31 heavy (non-hydrogen) atoms. The average molecular weight is 429 g/mol. The van der Waals surface area contributed by atoms with E-state index in [9.17, 15) is 9.18 Å². The summed E-state index contributed by atoms with van der Waals surface area (Å²) in [6.45, 7) is 3.62. The molecule has 0 aliphatic carbocycles. The molecule has 0 bridgehead atoms. The summed E-state index contributed by atoms with van der Waals surface area (Å²) in [7, 11) is 1.69. The van der Waals surface area contributed by atoms with Gasteiger partial charge in [0.15, 0.2) is 5.96 Å². The Morgan fingerprint density at radius 1 is 1.26 bits per heavy atom. The molecule has 166 valence electrons. The van der Waals surface area contributed by atoms with E-state index >= 15 is 0 Å². The molecule has 1 aliphatic rings. The number of ether oxygens (including phenoxy) is 2. The SMILES string of the molecule is CN=C(NCc1cccc(NC(=O)C2CCCO2)c1)NCC(C)Oc1ccc(F)cc1. The van der Waals surface area contributed by atoms with Crippen molar-refractivity contribution in [3.8, 4) is 5.75 Å². The number of aliphatic imine (C=N–C) groups is 1. The highest BCUT2D eigenvalue weighted by Crippen LogP contribution is 2.16. The van der Waals surface area contributed by atoms with Gasteiger partial charge in [0.2, 0.25) is 0 Å². The standard InChI is InChI=1S/C23H29FN4O3/c1-16(31-20-10-8-18(24)9-11-20)14-26-23(25-2)27-15-17-5-3-6-19(13-17)28-22(29)21-7-4-12-30-21/h3,5-6,8-11,13,16,21H,4,7,12,14-15H2,1-2H3,(H,28,29)(H2,25,26,27). The number of anilines is 1. The Kier molecular flexibility index (Phi) is 8.23. The van der Waals surface area contributed by atoms with Crippen molar-refractivity contribution in [2.24, 2.45) is 4.99 Å². The number of hydrogen-bond acceptors (Lipinski definition) is 4. The minimum Gasteiger partial charge on any atom is -0.489 e. The molecule has 3 N–H and O–H groups in total. The Labute approximate surface area is 182 Å². The van der Waals surface area contributed by atoms with Gasteiger partial charge in [-0.25, -0.2) is 4.39 Å². The zero-order valence-corrected chi connectivity index (χ0v) is 17.9. The summed E-state index contributed by atoms with van der Waals surface area (Å²) in [5.74, 6) is 0.845. The Morgan fingerprint density at radius 3 is 2.77 bits per heavy atom. The Morgan fingerprint density at radius 2 is 2.06 bits per heavy atom. The zero-order valence-electron chi connectivity index (χ0n) is 17.9. The topological polar surface area (TPSA) is 84.0 Å². The lowest BCUT2D eigenvalue weighted by Gasteiger charge is -2.18. The fraction of sp³-hybridized carbons (Fsp3) is 0.391. The van der Waals surface area contributed by atoms with Crippen molar-refractivity contribution in [3.05, 3.63) is 59.9 Å². The van der Waals surface area contributed by atoms with Crippen molar-refractivity contribution >= 4 is 17.6 Å². The minimum absolute atomic E-state index is 0.102. The lowest BCUT2D eigenvalue weighted by Crippen LogP contribution is -2.41. The van der Waals surface area contributed by atoms with Crippen molar-refractivity contribution in [2.45, 2.75) is 38.5 Å². The van der Waals surface area contributed by atoms with Gasteiger partial charge < -0.3 is 25.4 Å².